The van der Waals surface area contributed by atoms with Crippen LogP contribution in [0, 0.1) is 11.3 Å². The minimum absolute atomic E-state index is 0.111. The lowest BCUT2D eigenvalue weighted by atomic mass is 10.3. The van der Waals surface area contributed by atoms with Crippen molar-refractivity contribution in [3.8, 4) is 6.07 Å². The van der Waals surface area contributed by atoms with E-state index in [9.17, 15) is 4.79 Å². The molecule has 0 aromatic rings. The fourth-order valence-corrected chi connectivity index (χ4v) is 0.555. The van der Waals surface area contributed by atoms with Gasteiger partial charge in [0.2, 0.25) is 5.91 Å². The first-order chi connectivity index (χ1) is 5.16. The number of aliphatic hydroxyl groups is 1. The monoisotopic (exact) mass is 156 g/mol. The van der Waals surface area contributed by atoms with Crippen LogP contribution in [0.5, 0.6) is 0 Å². The molecule has 0 aliphatic carbocycles. The topological polar surface area (TPSA) is 73.1 Å². The lowest BCUT2D eigenvalue weighted by Crippen LogP contribution is -2.25. The predicted molar refractivity (Wildman–Crippen MR) is 39.5 cm³/mol. The van der Waals surface area contributed by atoms with E-state index in [0.29, 0.717) is 13.0 Å². The smallest absolute Gasteiger partial charge is 0.234 e. The van der Waals surface area contributed by atoms with Gasteiger partial charge in [0.15, 0.2) is 0 Å². The molecule has 0 saturated carbocycles. The third-order valence-electron chi connectivity index (χ3n) is 1.12. The van der Waals surface area contributed by atoms with Gasteiger partial charge in [0, 0.05) is 6.54 Å². The Morgan fingerprint density at radius 3 is 2.91 bits per heavy atom. The summed E-state index contributed by atoms with van der Waals surface area (Å²) in [5.41, 5.74) is 0. The number of nitriles is 1. The lowest BCUT2D eigenvalue weighted by molar-refractivity contribution is -0.120. The second-order valence-corrected chi connectivity index (χ2v) is 2.32. The molecule has 0 aromatic carbocycles. The molecule has 0 aliphatic heterocycles. The maximum atomic E-state index is 10.6. The minimum atomic E-state index is -0.405. The highest BCUT2D eigenvalue weighted by atomic mass is 16.3. The summed E-state index contributed by atoms with van der Waals surface area (Å²) < 4.78 is 0. The molecule has 0 bridgehead atoms. The summed E-state index contributed by atoms with van der Waals surface area (Å²) >= 11 is 0. The van der Waals surface area contributed by atoms with E-state index < -0.39 is 6.10 Å². The summed E-state index contributed by atoms with van der Waals surface area (Å²) in [6, 6.07) is 1.73. The Hall–Kier alpha value is -1.08. The molecule has 1 atom stereocenters. The Morgan fingerprint density at radius 1 is 1.82 bits per heavy atom. The number of rotatable bonds is 4. The Bertz CT molecular complexity index is 160. The summed E-state index contributed by atoms with van der Waals surface area (Å²) in [5, 5.41) is 19.4. The molecule has 0 aromatic heterocycles. The molecule has 0 unspecified atom stereocenters. The number of nitrogens with one attached hydrogen (secondary N) is 1. The predicted octanol–water partition coefficient (Wildman–Crippen LogP) is -0.213. The number of aliphatic hydroxyl groups excluding tert-OH is 1. The van der Waals surface area contributed by atoms with Crippen molar-refractivity contribution >= 4 is 5.91 Å². The van der Waals surface area contributed by atoms with Crippen LogP contribution in [-0.2, 0) is 4.79 Å². The van der Waals surface area contributed by atoms with Gasteiger partial charge in [0.25, 0.3) is 0 Å². The van der Waals surface area contributed by atoms with Gasteiger partial charge >= 0.3 is 0 Å². The molecular weight excluding hydrogens is 144 g/mol. The SMILES string of the molecule is C[C@@H](O)CCNC(=O)CC#N. The van der Waals surface area contributed by atoms with E-state index >= 15 is 0 Å². The fraction of sp³-hybridized carbons (Fsp3) is 0.714. The standard InChI is InChI=1S/C7H12N2O2/c1-6(10)3-5-9-7(11)2-4-8/h6,10H,2-3,5H2,1H3,(H,9,11)/t6-/m1/s1. The van der Waals surface area contributed by atoms with Crippen LogP contribution < -0.4 is 5.32 Å². The van der Waals surface area contributed by atoms with Crippen LogP contribution in [0.25, 0.3) is 0 Å². The molecule has 2 N–H and O–H groups in total. The molecule has 62 valence electrons. The summed E-state index contributed by atoms with van der Waals surface area (Å²) in [5.74, 6) is -0.284. The highest BCUT2D eigenvalue weighted by Crippen LogP contribution is 1.86. The van der Waals surface area contributed by atoms with Crippen molar-refractivity contribution in [2.45, 2.75) is 25.9 Å². The largest absolute Gasteiger partial charge is 0.393 e. The van der Waals surface area contributed by atoms with Gasteiger partial charge in [-0.05, 0) is 13.3 Å². The second-order valence-electron chi connectivity index (χ2n) is 2.32. The number of amides is 1. The quantitative estimate of drug-likeness (QED) is 0.591. The van der Waals surface area contributed by atoms with Crippen molar-refractivity contribution in [2.24, 2.45) is 0 Å². The third kappa shape index (κ3) is 6.81. The van der Waals surface area contributed by atoms with Crippen LogP contribution in [0.4, 0.5) is 0 Å². The average molecular weight is 156 g/mol. The van der Waals surface area contributed by atoms with Gasteiger partial charge in [-0.2, -0.15) is 5.26 Å². The van der Waals surface area contributed by atoms with Crippen LogP contribution in [0.2, 0.25) is 0 Å². The molecule has 0 saturated heterocycles. The van der Waals surface area contributed by atoms with E-state index in [-0.39, 0.29) is 12.3 Å². The zero-order chi connectivity index (χ0) is 8.69. The van der Waals surface area contributed by atoms with E-state index in [1.807, 2.05) is 0 Å². The summed E-state index contributed by atoms with van der Waals surface area (Å²) in [6.07, 6.45) is 0.00847. The van der Waals surface area contributed by atoms with Crippen molar-refractivity contribution in [2.75, 3.05) is 6.54 Å². The van der Waals surface area contributed by atoms with Gasteiger partial charge in [-0.1, -0.05) is 0 Å². The van der Waals surface area contributed by atoms with E-state index in [1.54, 1.807) is 13.0 Å². The molecule has 4 heteroatoms. The van der Waals surface area contributed by atoms with E-state index in [0.717, 1.165) is 0 Å². The number of hydrogen-bond donors (Lipinski definition) is 2. The Kier molecular flexibility index (Phi) is 5.13. The van der Waals surface area contributed by atoms with Gasteiger partial charge in [-0.15, -0.1) is 0 Å². The molecule has 4 nitrogen and oxygen atoms in total. The summed E-state index contributed by atoms with van der Waals surface area (Å²) in [7, 11) is 0. The van der Waals surface area contributed by atoms with Gasteiger partial charge < -0.3 is 10.4 Å². The lowest BCUT2D eigenvalue weighted by Gasteiger charge is -2.03. The number of nitrogens with zero attached hydrogens (tertiary/aromatic N) is 1. The van der Waals surface area contributed by atoms with Gasteiger partial charge in [0.05, 0.1) is 12.2 Å². The number of carbonyl (C=O) groups is 1. The molecule has 0 aliphatic rings. The van der Waals surface area contributed by atoms with Crippen molar-refractivity contribution in [1.82, 2.24) is 5.32 Å². The van der Waals surface area contributed by atoms with Crippen molar-refractivity contribution in [3.05, 3.63) is 0 Å². The molecule has 0 fully saturated rings. The normalized spacial score (nSPS) is 11.7. The van der Waals surface area contributed by atoms with Gasteiger partial charge in [-0.3, -0.25) is 4.79 Å². The Balaban J connectivity index is 3.26. The average Bonchev–Trinajstić information content (AvgIpc) is 1.87. The zero-order valence-electron chi connectivity index (χ0n) is 6.50. The Labute approximate surface area is 65.8 Å². The van der Waals surface area contributed by atoms with Crippen LogP contribution >= 0.6 is 0 Å². The molecule has 11 heavy (non-hydrogen) atoms. The van der Waals surface area contributed by atoms with Crippen LogP contribution in [0.3, 0.4) is 0 Å². The molecule has 0 radical (unpaired) electrons. The van der Waals surface area contributed by atoms with Crippen LogP contribution in [0.15, 0.2) is 0 Å². The highest BCUT2D eigenvalue weighted by Gasteiger charge is 1.99. The van der Waals surface area contributed by atoms with Gasteiger partial charge in [-0.25, -0.2) is 0 Å². The molecule has 0 spiro atoms. The van der Waals surface area contributed by atoms with Crippen LogP contribution in [0.1, 0.15) is 19.8 Å². The fourth-order valence-electron chi connectivity index (χ4n) is 0.555. The van der Waals surface area contributed by atoms with Crippen LogP contribution in [-0.4, -0.2) is 23.7 Å². The van der Waals surface area contributed by atoms with Gasteiger partial charge in [0.1, 0.15) is 6.42 Å². The number of hydrogen-bond acceptors (Lipinski definition) is 3. The third-order valence-corrected chi connectivity index (χ3v) is 1.12. The Morgan fingerprint density at radius 2 is 2.45 bits per heavy atom. The molecule has 0 heterocycles. The first-order valence-electron chi connectivity index (χ1n) is 3.48. The summed E-state index contributed by atoms with van der Waals surface area (Å²) in [4.78, 5) is 10.6. The van der Waals surface area contributed by atoms with E-state index in [4.69, 9.17) is 10.4 Å². The molecular formula is C7H12N2O2. The highest BCUT2D eigenvalue weighted by molar-refractivity contribution is 5.77. The first kappa shape index (κ1) is 9.92. The first-order valence-corrected chi connectivity index (χ1v) is 3.48. The molecule has 0 rings (SSSR count). The minimum Gasteiger partial charge on any atom is -0.393 e. The van der Waals surface area contributed by atoms with E-state index in [2.05, 4.69) is 5.32 Å². The zero-order valence-corrected chi connectivity index (χ0v) is 6.50. The molecule has 1 amide bonds. The summed E-state index contributed by atoms with van der Waals surface area (Å²) in [6.45, 7) is 2.08. The second kappa shape index (κ2) is 5.69. The van der Waals surface area contributed by atoms with Crippen molar-refractivity contribution in [1.29, 1.82) is 5.26 Å². The number of carbonyl (C=O) groups excluding carboxylic acids is 1. The van der Waals surface area contributed by atoms with E-state index in [1.165, 1.54) is 0 Å². The maximum absolute atomic E-state index is 10.6. The van der Waals surface area contributed by atoms with Crippen molar-refractivity contribution < 1.29 is 9.90 Å². The maximum Gasteiger partial charge on any atom is 0.234 e. The van der Waals surface area contributed by atoms with Crippen molar-refractivity contribution in [3.63, 3.8) is 0 Å².